The van der Waals surface area contributed by atoms with Crippen molar-refractivity contribution in [1.29, 1.82) is 0 Å². The number of carbonyl (C=O) groups excluding carboxylic acids is 2. The minimum atomic E-state index is -0.0680. The summed E-state index contributed by atoms with van der Waals surface area (Å²) in [6, 6.07) is 1.78. The number of hydrogen-bond donors (Lipinski definition) is 0. The van der Waals surface area contributed by atoms with Crippen LogP contribution in [-0.2, 0) is 11.2 Å². The molecule has 25 heavy (non-hydrogen) atoms. The van der Waals surface area contributed by atoms with Gasteiger partial charge in [-0.2, -0.15) is 0 Å². The van der Waals surface area contributed by atoms with Crippen LogP contribution in [0, 0.1) is 11.3 Å². The van der Waals surface area contributed by atoms with Crippen LogP contribution in [-0.4, -0.2) is 52.9 Å². The molecule has 0 saturated carbocycles. The molecule has 3 heterocycles. The molecule has 138 valence electrons. The molecule has 0 N–H and O–H groups in total. The molecule has 1 aromatic heterocycles. The predicted molar refractivity (Wildman–Crippen MR) is 94.1 cm³/mol. The second kappa shape index (κ2) is 7.18. The molecule has 0 unspecified atom stereocenters. The lowest BCUT2D eigenvalue weighted by molar-refractivity contribution is -0.138. The number of likely N-dealkylation sites (tertiary alicyclic amines) is 2. The summed E-state index contributed by atoms with van der Waals surface area (Å²) in [7, 11) is 0. The summed E-state index contributed by atoms with van der Waals surface area (Å²) < 4.78 is 5.31. The normalized spacial score (nSPS) is 24.4. The molecule has 2 saturated heterocycles. The van der Waals surface area contributed by atoms with Crippen LogP contribution >= 0.6 is 0 Å². The van der Waals surface area contributed by atoms with Crippen molar-refractivity contribution in [3.05, 3.63) is 17.5 Å². The van der Waals surface area contributed by atoms with Gasteiger partial charge in [-0.1, -0.05) is 19.0 Å². The number of carbonyl (C=O) groups is 2. The number of piperidine rings is 2. The lowest BCUT2D eigenvalue weighted by Gasteiger charge is -2.47. The molecule has 1 spiro atoms. The SMILES string of the molecule is CCN1C[C@@]2(CCCN(C(=O)c3cc(CC(C)C)no3)C2)CCC1=O. The van der Waals surface area contributed by atoms with Gasteiger partial charge >= 0.3 is 0 Å². The van der Waals surface area contributed by atoms with Gasteiger partial charge in [0, 0.05) is 44.1 Å². The molecule has 2 aliphatic heterocycles. The van der Waals surface area contributed by atoms with Crippen molar-refractivity contribution in [2.24, 2.45) is 11.3 Å². The summed E-state index contributed by atoms with van der Waals surface area (Å²) in [5.74, 6) is 0.990. The van der Waals surface area contributed by atoms with E-state index >= 15 is 0 Å². The van der Waals surface area contributed by atoms with E-state index in [0.717, 1.165) is 51.0 Å². The van der Waals surface area contributed by atoms with E-state index in [4.69, 9.17) is 4.52 Å². The van der Waals surface area contributed by atoms with Crippen LogP contribution in [0.15, 0.2) is 10.6 Å². The number of hydrogen-bond acceptors (Lipinski definition) is 4. The molecular formula is C19H29N3O3. The van der Waals surface area contributed by atoms with Crippen LogP contribution in [0.3, 0.4) is 0 Å². The lowest BCUT2D eigenvalue weighted by atomic mass is 9.73. The van der Waals surface area contributed by atoms with Crippen LogP contribution in [0.4, 0.5) is 0 Å². The highest BCUT2D eigenvalue weighted by Crippen LogP contribution is 2.39. The fraction of sp³-hybridized carbons (Fsp3) is 0.737. The molecule has 3 rings (SSSR count). The summed E-state index contributed by atoms with van der Waals surface area (Å²) in [5, 5.41) is 4.04. The third-order valence-electron chi connectivity index (χ3n) is 5.47. The Kier molecular flexibility index (Phi) is 5.16. The maximum absolute atomic E-state index is 12.9. The van der Waals surface area contributed by atoms with E-state index in [1.165, 1.54) is 0 Å². The Morgan fingerprint density at radius 1 is 1.36 bits per heavy atom. The van der Waals surface area contributed by atoms with Gasteiger partial charge in [-0.05, 0) is 38.5 Å². The Hall–Kier alpha value is -1.85. The highest BCUT2D eigenvalue weighted by Gasteiger charge is 2.42. The molecule has 1 atom stereocenters. The quantitative estimate of drug-likeness (QED) is 0.840. The molecule has 0 radical (unpaired) electrons. The summed E-state index contributed by atoms with van der Waals surface area (Å²) in [4.78, 5) is 28.7. The van der Waals surface area contributed by atoms with Crippen molar-refractivity contribution in [3.63, 3.8) is 0 Å². The van der Waals surface area contributed by atoms with Crippen molar-refractivity contribution in [2.45, 2.75) is 52.9 Å². The molecule has 6 nitrogen and oxygen atoms in total. The Morgan fingerprint density at radius 2 is 2.16 bits per heavy atom. The van der Waals surface area contributed by atoms with Crippen molar-refractivity contribution in [3.8, 4) is 0 Å². The first kappa shape index (κ1) is 18.0. The molecule has 2 fully saturated rings. The molecule has 1 aromatic rings. The van der Waals surface area contributed by atoms with E-state index in [2.05, 4.69) is 19.0 Å². The zero-order valence-corrected chi connectivity index (χ0v) is 15.6. The smallest absolute Gasteiger partial charge is 0.292 e. The maximum atomic E-state index is 12.9. The minimum Gasteiger partial charge on any atom is -0.351 e. The van der Waals surface area contributed by atoms with Crippen molar-refractivity contribution in [2.75, 3.05) is 26.2 Å². The number of aromatic nitrogens is 1. The first-order valence-corrected chi connectivity index (χ1v) is 9.45. The van der Waals surface area contributed by atoms with Gasteiger partial charge < -0.3 is 14.3 Å². The zero-order valence-electron chi connectivity index (χ0n) is 15.6. The fourth-order valence-electron chi connectivity index (χ4n) is 4.19. The van der Waals surface area contributed by atoms with Crippen molar-refractivity contribution in [1.82, 2.24) is 15.0 Å². The largest absolute Gasteiger partial charge is 0.351 e. The molecule has 0 aromatic carbocycles. The molecule has 0 bridgehead atoms. The number of nitrogens with zero attached hydrogens (tertiary/aromatic N) is 3. The van der Waals surface area contributed by atoms with Gasteiger partial charge in [0.25, 0.3) is 5.91 Å². The topological polar surface area (TPSA) is 66.7 Å². The summed E-state index contributed by atoms with van der Waals surface area (Å²) in [6.07, 6.45) is 4.34. The fourth-order valence-corrected chi connectivity index (χ4v) is 4.19. The van der Waals surface area contributed by atoms with Crippen LogP contribution in [0.2, 0.25) is 0 Å². The Morgan fingerprint density at radius 3 is 2.88 bits per heavy atom. The number of amides is 2. The van der Waals surface area contributed by atoms with Gasteiger partial charge in [0.15, 0.2) is 0 Å². The van der Waals surface area contributed by atoms with Gasteiger partial charge in [0.05, 0.1) is 5.69 Å². The highest BCUT2D eigenvalue weighted by atomic mass is 16.5. The van der Waals surface area contributed by atoms with Crippen LogP contribution < -0.4 is 0 Å². The van der Waals surface area contributed by atoms with E-state index in [1.807, 2.05) is 16.7 Å². The van der Waals surface area contributed by atoms with Gasteiger partial charge in [0.2, 0.25) is 11.7 Å². The van der Waals surface area contributed by atoms with Crippen molar-refractivity contribution < 1.29 is 14.1 Å². The monoisotopic (exact) mass is 347 g/mol. The summed E-state index contributed by atoms with van der Waals surface area (Å²) >= 11 is 0. The highest BCUT2D eigenvalue weighted by molar-refractivity contribution is 5.91. The molecule has 6 heteroatoms. The lowest BCUT2D eigenvalue weighted by Crippen LogP contribution is -2.55. The van der Waals surface area contributed by atoms with E-state index in [9.17, 15) is 9.59 Å². The van der Waals surface area contributed by atoms with Gasteiger partial charge in [0.1, 0.15) is 0 Å². The van der Waals surface area contributed by atoms with Crippen LogP contribution in [0.1, 0.15) is 62.7 Å². The maximum Gasteiger partial charge on any atom is 0.292 e. The average Bonchev–Trinajstić information content (AvgIpc) is 3.04. The van der Waals surface area contributed by atoms with E-state index < -0.39 is 0 Å². The van der Waals surface area contributed by atoms with Crippen LogP contribution in [0.25, 0.3) is 0 Å². The van der Waals surface area contributed by atoms with E-state index in [-0.39, 0.29) is 17.2 Å². The Labute approximate surface area is 149 Å². The molecule has 2 amide bonds. The minimum absolute atomic E-state index is 0.0403. The molecule has 0 aliphatic carbocycles. The second-order valence-corrected chi connectivity index (χ2v) is 8.02. The molecule has 2 aliphatic rings. The standard InChI is InChI=1S/C19H29N3O3/c1-4-21-12-19(8-6-17(21)23)7-5-9-22(13-19)18(24)16-11-15(20-25-16)10-14(2)3/h11,14H,4-10,12-13H2,1-3H3/t19-/m1/s1. The summed E-state index contributed by atoms with van der Waals surface area (Å²) in [5.41, 5.74) is 0.879. The second-order valence-electron chi connectivity index (χ2n) is 8.02. The predicted octanol–water partition coefficient (Wildman–Crippen LogP) is 2.74. The number of rotatable bonds is 4. The molecular weight excluding hydrogens is 318 g/mol. The van der Waals surface area contributed by atoms with Gasteiger partial charge in [-0.3, -0.25) is 9.59 Å². The Balaban J connectivity index is 1.69. The van der Waals surface area contributed by atoms with E-state index in [1.54, 1.807) is 6.07 Å². The zero-order chi connectivity index (χ0) is 18.0. The average molecular weight is 347 g/mol. The Bertz CT molecular complexity index is 640. The van der Waals surface area contributed by atoms with E-state index in [0.29, 0.717) is 24.6 Å². The third-order valence-corrected chi connectivity index (χ3v) is 5.47. The third kappa shape index (κ3) is 3.88. The summed E-state index contributed by atoms with van der Waals surface area (Å²) in [6.45, 7) is 9.23. The first-order chi connectivity index (χ1) is 11.9. The van der Waals surface area contributed by atoms with Gasteiger partial charge in [-0.15, -0.1) is 0 Å². The van der Waals surface area contributed by atoms with Gasteiger partial charge in [-0.25, -0.2) is 0 Å². The first-order valence-electron chi connectivity index (χ1n) is 9.45. The van der Waals surface area contributed by atoms with Crippen LogP contribution in [0.5, 0.6) is 0 Å². The van der Waals surface area contributed by atoms with Crippen molar-refractivity contribution >= 4 is 11.8 Å².